The fraction of sp³-hybridized carbons (Fsp3) is 0.222. The minimum absolute atomic E-state index is 0.419. The fourth-order valence-corrected chi connectivity index (χ4v) is 2.35. The first kappa shape index (κ1) is 15.9. The van der Waals surface area contributed by atoms with Gasteiger partial charge in [-0.15, -0.1) is 0 Å². The van der Waals surface area contributed by atoms with Crippen molar-refractivity contribution in [3.8, 4) is 11.5 Å². The second-order valence-corrected chi connectivity index (χ2v) is 5.67. The van der Waals surface area contributed by atoms with Crippen molar-refractivity contribution in [2.75, 3.05) is 14.1 Å². The van der Waals surface area contributed by atoms with Gasteiger partial charge in [0, 0.05) is 26.2 Å². The van der Waals surface area contributed by atoms with Gasteiger partial charge in [-0.2, -0.15) is 0 Å². The van der Waals surface area contributed by atoms with E-state index in [4.69, 9.17) is 9.47 Å². The van der Waals surface area contributed by atoms with E-state index in [1.807, 2.05) is 48.1 Å². The van der Waals surface area contributed by atoms with Crippen LogP contribution in [-0.2, 0) is 13.7 Å². The highest BCUT2D eigenvalue weighted by Gasteiger charge is 2.14. The van der Waals surface area contributed by atoms with E-state index in [0.29, 0.717) is 18.1 Å². The summed E-state index contributed by atoms with van der Waals surface area (Å²) in [5, 5.41) is 0. The van der Waals surface area contributed by atoms with Gasteiger partial charge in [0.25, 0.3) is 5.65 Å². The van der Waals surface area contributed by atoms with Crippen LogP contribution in [0.25, 0.3) is 5.65 Å². The number of amides is 1. The summed E-state index contributed by atoms with van der Waals surface area (Å²) >= 11 is 0. The molecule has 0 fully saturated rings. The number of hydrogen-bond donors (Lipinski definition) is 0. The van der Waals surface area contributed by atoms with Crippen molar-refractivity contribution in [3.63, 3.8) is 0 Å². The molecule has 0 saturated heterocycles. The number of pyridine rings is 1. The van der Waals surface area contributed by atoms with Gasteiger partial charge in [0.2, 0.25) is 0 Å². The maximum Gasteiger partial charge on any atom is 0.414 e. The predicted molar refractivity (Wildman–Crippen MR) is 89.1 cm³/mol. The second kappa shape index (κ2) is 6.62. The van der Waals surface area contributed by atoms with Gasteiger partial charge in [0.05, 0.1) is 13.2 Å². The van der Waals surface area contributed by atoms with Crippen LogP contribution in [0.2, 0.25) is 0 Å². The van der Waals surface area contributed by atoms with Crippen LogP contribution >= 0.6 is 0 Å². The maximum absolute atomic E-state index is 11.6. The first-order valence-electron chi connectivity index (χ1n) is 7.61. The number of fused-ring (bicyclic) bond motifs is 1. The smallest absolute Gasteiger partial charge is 0.414 e. The molecule has 24 heavy (non-hydrogen) atoms. The molecule has 0 aliphatic heterocycles. The first-order valence-corrected chi connectivity index (χ1v) is 7.61. The quantitative estimate of drug-likeness (QED) is 0.692. The van der Waals surface area contributed by atoms with Crippen LogP contribution in [-0.4, -0.2) is 29.7 Å². The third-order valence-corrected chi connectivity index (χ3v) is 3.69. The summed E-state index contributed by atoms with van der Waals surface area (Å²) in [4.78, 5) is 13.0. The number of carbonyl (C=O) groups is 1. The summed E-state index contributed by atoms with van der Waals surface area (Å²) in [7, 11) is 5.28. The monoisotopic (exact) mass is 326 g/mol. The Morgan fingerprint density at radius 2 is 1.96 bits per heavy atom. The molecule has 2 aromatic heterocycles. The van der Waals surface area contributed by atoms with Gasteiger partial charge < -0.3 is 14.4 Å². The van der Waals surface area contributed by atoms with E-state index in [0.717, 1.165) is 11.3 Å². The summed E-state index contributed by atoms with van der Waals surface area (Å²) in [5.41, 5.74) is 2.13. The number of hydrogen-bond acceptors (Lipinski definition) is 3. The lowest BCUT2D eigenvalue weighted by molar-refractivity contribution is -0.511. The number of nitrogens with zero attached hydrogens (tertiary/aromatic N) is 3. The maximum atomic E-state index is 11.6. The Balaban J connectivity index is 1.72. The molecule has 0 atom stereocenters. The van der Waals surface area contributed by atoms with Crippen molar-refractivity contribution in [1.29, 1.82) is 0 Å². The van der Waals surface area contributed by atoms with E-state index in [2.05, 4.69) is 4.57 Å². The summed E-state index contributed by atoms with van der Waals surface area (Å²) in [6.07, 6.45) is 3.61. The Kier molecular flexibility index (Phi) is 4.37. The van der Waals surface area contributed by atoms with Crippen LogP contribution in [0.1, 0.15) is 5.69 Å². The molecule has 0 unspecified atom stereocenters. The zero-order valence-corrected chi connectivity index (χ0v) is 14.0. The van der Waals surface area contributed by atoms with Crippen molar-refractivity contribution in [2.24, 2.45) is 7.05 Å². The molecule has 3 rings (SSSR count). The van der Waals surface area contributed by atoms with E-state index >= 15 is 0 Å². The molecule has 3 aromatic rings. The zero-order chi connectivity index (χ0) is 17.1. The largest absolute Gasteiger partial charge is 0.485 e. The molecule has 6 nitrogen and oxygen atoms in total. The van der Waals surface area contributed by atoms with Crippen LogP contribution in [0.3, 0.4) is 0 Å². The molecule has 2 heterocycles. The molecular weight excluding hydrogens is 306 g/mol. The van der Waals surface area contributed by atoms with Crippen molar-refractivity contribution >= 4 is 11.7 Å². The van der Waals surface area contributed by atoms with Gasteiger partial charge in [-0.1, -0.05) is 12.1 Å². The number of carbonyl (C=O) groups excluding carboxylic acids is 1. The van der Waals surface area contributed by atoms with E-state index in [9.17, 15) is 4.79 Å². The minimum Gasteiger partial charge on any atom is -0.485 e. The van der Waals surface area contributed by atoms with E-state index in [-0.39, 0.29) is 0 Å². The van der Waals surface area contributed by atoms with Crippen molar-refractivity contribution in [3.05, 3.63) is 60.6 Å². The van der Waals surface area contributed by atoms with Gasteiger partial charge in [-0.3, -0.25) is 0 Å². The van der Waals surface area contributed by atoms with E-state index < -0.39 is 6.09 Å². The lowest BCUT2D eigenvalue weighted by Gasteiger charge is -2.11. The Bertz CT molecular complexity index is 871. The lowest BCUT2D eigenvalue weighted by Crippen LogP contribution is -2.25. The normalized spacial score (nSPS) is 10.6. The molecular formula is C18H20N3O3+. The molecule has 0 bridgehead atoms. The number of ether oxygens (including phenoxy) is 2. The minimum atomic E-state index is -0.419. The third-order valence-electron chi connectivity index (χ3n) is 3.69. The summed E-state index contributed by atoms with van der Waals surface area (Å²) < 4.78 is 15.2. The number of imidazole rings is 1. The third kappa shape index (κ3) is 3.32. The van der Waals surface area contributed by atoms with Crippen LogP contribution in [0.4, 0.5) is 4.79 Å². The second-order valence-electron chi connectivity index (χ2n) is 5.67. The Morgan fingerprint density at radius 3 is 2.71 bits per heavy atom. The van der Waals surface area contributed by atoms with Crippen molar-refractivity contribution in [1.82, 2.24) is 9.47 Å². The van der Waals surface area contributed by atoms with Gasteiger partial charge >= 0.3 is 6.09 Å². The van der Waals surface area contributed by atoms with Gasteiger partial charge in [-0.05, 0) is 18.2 Å². The molecule has 0 N–H and O–H groups in total. The molecule has 0 saturated carbocycles. The number of aryl methyl sites for hydroxylation is 1. The number of benzene rings is 1. The van der Waals surface area contributed by atoms with Crippen LogP contribution < -0.4 is 13.9 Å². The van der Waals surface area contributed by atoms with Crippen LogP contribution in [0.5, 0.6) is 11.5 Å². The fourth-order valence-electron chi connectivity index (χ4n) is 2.35. The van der Waals surface area contributed by atoms with Crippen LogP contribution in [0, 0.1) is 0 Å². The summed E-state index contributed by atoms with van der Waals surface area (Å²) in [5.74, 6) is 1.10. The highest BCUT2D eigenvalue weighted by molar-refractivity contribution is 5.70. The lowest BCUT2D eigenvalue weighted by atomic mass is 10.3. The van der Waals surface area contributed by atoms with Crippen molar-refractivity contribution in [2.45, 2.75) is 6.61 Å². The highest BCUT2D eigenvalue weighted by Crippen LogP contribution is 2.21. The van der Waals surface area contributed by atoms with Gasteiger partial charge in [0.15, 0.2) is 12.3 Å². The van der Waals surface area contributed by atoms with E-state index in [1.165, 1.54) is 4.90 Å². The van der Waals surface area contributed by atoms with Crippen LogP contribution in [0.15, 0.2) is 54.9 Å². The molecule has 1 aromatic carbocycles. The molecule has 0 spiro atoms. The summed E-state index contributed by atoms with van der Waals surface area (Å²) in [6.45, 7) is 0.420. The standard InChI is InChI=1S/C18H20N3O3/c1-19(2)18(22)24-16-8-6-7-15(11-16)23-13-14-12-21-10-5-4-9-17(21)20(14)3/h4-12H,13H2,1-3H3/q+1. The molecule has 0 aliphatic rings. The summed E-state index contributed by atoms with van der Waals surface area (Å²) in [6, 6.07) is 13.1. The molecule has 124 valence electrons. The molecule has 1 amide bonds. The Labute approximate surface area is 140 Å². The average Bonchev–Trinajstić information content (AvgIpc) is 2.90. The van der Waals surface area contributed by atoms with E-state index in [1.54, 1.807) is 32.3 Å². The topological polar surface area (TPSA) is 47.8 Å². The highest BCUT2D eigenvalue weighted by atomic mass is 16.6. The molecule has 0 aliphatic carbocycles. The first-order chi connectivity index (χ1) is 11.5. The Morgan fingerprint density at radius 1 is 1.17 bits per heavy atom. The van der Waals surface area contributed by atoms with Gasteiger partial charge in [0.1, 0.15) is 17.7 Å². The zero-order valence-electron chi connectivity index (χ0n) is 14.0. The number of rotatable bonds is 4. The van der Waals surface area contributed by atoms with Crippen molar-refractivity contribution < 1.29 is 18.7 Å². The predicted octanol–water partition coefficient (Wildman–Crippen LogP) is 2.40. The Hall–Kier alpha value is -3.02. The molecule has 6 heteroatoms. The SMILES string of the molecule is CN(C)C(=O)Oc1cccc(OCc2c[n+]3ccccc3n2C)c1. The average molecular weight is 326 g/mol. The number of aromatic nitrogens is 2. The molecule has 0 radical (unpaired) electrons. The van der Waals surface area contributed by atoms with Gasteiger partial charge in [-0.25, -0.2) is 13.8 Å².